The van der Waals surface area contributed by atoms with Gasteiger partial charge in [-0.3, -0.25) is 19.1 Å². The molecule has 0 saturated heterocycles. The van der Waals surface area contributed by atoms with E-state index in [2.05, 4.69) is 4.98 Å². The molecule has 1 aliphatic heterocycles. The van der Waals surface area contributed by atoms with Crippen molar-refractivity contribution in [1.29, 1.82) is 0 Å². The minimum Gasteiger partial charge on any atom is -0.333 e. The minimum absolute atomic E-state index is 0.0654. The van der Waals surface area contributed by atoms with E-state index in [1.165, 1.54) is 10.6 Å². The van der Waals surface area contributed by atoms with E-state index < -0.39 is 11.2 Å². The van der Waals surface area contributed by atoms with Gasteiger partial charge in [0, 0.05) is 25.2 Å². The third kappa shape index (κ3) is 1.56. The van der Waals surface area contributed by atoms with E-state index in [1.54, 1.807) is 4.90 Å². The highest BCUT2D eigenvalue weighted by Gasteiger charge is 2.27. The Morgan fingerprint density at radius 3 is 2.56 bits per heavy atom. The summed E-state index contributed by atoms with van der Waals surface area (Å²) in [5.74, 6) is -0.260. The third-order valence-electron chi connectivity index (χ3n) is 2.70. The van der Waals surface area contributed by atoms with E-state index in [1.807, 2.05) is 13.8 Å². The SMILES string of the molecule is CC(C)N1CCn2c(cc(=O)[nH]c2=O)C1=O. The number of fused-ring (bicyclic) bond motifs is 1. The Morgan fingerprint density at radius 2 is 1.94 bits per heavy atom. The first-order valence-corrected chi connectivity index (χ1v) is 5.16. The number of rotatable bonds is 1. The van der Waals surface area contributed by atoms with Crippen LogP contribution in [-0.2, 0) is 6.54 Å². The number of aromatic amines is 1. The average molecular weight is 223 g/mol. The van der Waals surface area contributed by atoms with Crippen molar-refractivity contribution >= 4 is 5.91 Å². The number of hydrogen-bond donors (Lipinski definition) is 1. The van der Waals surface area contributed by atoms with Crippen molar-refractivity contribution in [2.75, 3.05) is 6.54 Å². The smallest absolute Gasteiger partial charge is 0.329 e. The maximum atomic E-state index is 12.0. The number of amides is 1. The van der Waals surface area contributed by atoms with Crippen LogP contribution in [0.2, 0.25) is 0 Å². The van der Waals surface area contributed by atoms with E-state index in [9.17, 15) is 14.4 Å². The molecule has 0 bridgehead atoms. The number of nitrogens with one attached hydrogen (secondary N) is 1. The van der Waals surface area contributed by atoms with Gasteiger partial charge in [-0.2, -0.15) is 0 Å². The number of hydrogen-bond acceptors (Lipinski definition) is 3. The maximum Gasteiger partial charge on any atom is 0.329 e. The Morgan fingerprint density at radius 1 is 1.25 bits per heavy atom. The Bertz CT molecular complexity index is 541. The van der Waals surface area contributed by atoms with Gasteiger partial charge in [0.05, 0.1) is 0 Å². The number of carbonyl (C=O) groups excluding carboxylic acids is 1. The number of carbonyl (C=O) groups is 1. The van der Waals surface area contributed by atoms with Crippen LogP contribution in [-0.4, -0.2) is 32.9 Å². The first-order valence-electron chi connectivity index (χ1n) is 5.16. The van der Waals surface area contributed by atoms with E-state index in [4.69, 9.17) is 0 Å². The molecule has 0 spiro atoms. The number of H-pyrrole nitrogens is 1. The summed E-state index contributed by atoms with van der Waals surface area (Å²) in [6.07, 6.45) is 0. The molecule has 0 unspecified atom stereocenters. The third-order valence-corrected chi connectivity index (χ3v) is 2.70. The molecular weight excluding hydrogens is 210 g/mol. The summed E-state index contributed by atoms with van der Waals surface area (Å²) in [5.41, 5.74) is -0.872. The predicted molar refractivity (Wildman–Crippen MR) is 57.5 cm³/mol. The molecule has 0 aliphatic carbocycles. The normalized spacial score (nSPS) is 15.4. The Kier molecular flexibility index (Phi) is 2.41. The molecule has 1 aromatic heterocycles. The highest BCUT2D eigenvalue weighted by Crippen LogP contribution is 2.11. The van der Waals surface area contributed by atoms with Gasteiger partial charge >= 0.3 is 5.69 Å². The molecular formula is C10H13N3O3. The summed E-state index contributed by atoms with van der Waals surface area (Å²) in [7, 11) is 0. The van der Waals surface area contributed by atoms with Gasteiger partial charge in [-0.25, -0.2) is 4.79 Å². The fourth-order valence-corrected chi connectivity index (χ4v) is 1.87. The molecule has 6 nitrogen and oxygen atoms in total. The maximum absolute atomic E-state index is 12.0. The summed E-state index contributed by atoms with van der Waals surface area (Å²) in [6, 6.07) is 1.24. The Hall–Kier alpha value is -1.85. The standard InChI is InChI=1S/C10H13N3O3/c1-6(2)12-3-4-13-7(9(12)15)5-8(14)11-10(13)16/h5-6H,3-4H2,1-2H3,(H,11,14,16). The molecule has 1 amide bonds. The van der Waals surface area contributed by atoms with Gasteiger partial charge in [-0.1, -0.05) is 0 Å². The molecule has 0 atom stereocenters. The lowest BCUT2D eigenvalue weighted by Crippen LogP contribution is -2.49. The summed E-state index contributed by atoms with van der Waals surface area (Å²) in [6.45, 7) is 4.72. The van der Waals surface area contributed by atoms with Crippen LogP contribution in [0.1, 0.15) is 24.3 Å². The Balaban J connectivity index is 2.57. The van der Waals surface area contributed by atoms with Gasteiger partial charge in [0.25, 0.3) is 11.5 Å². The molecule has 6 heteroatoms. The van der Waals surface area contributed by atoms with E-state index in [-0.39, 0.29) is 17.6 Å². The van der Waals surface area contributed by atoms with Crippen LogP contribution >= 0.6 is 0 Å². The molecule has 2 rings (SSSR count). The molecule has 0 fully saturated rings. The molecule has 2 heterocycles. The molecule has 86 valence electrons. The molecule has 1 aliphatic rings. The molecule has 1 N–H and O–H groups in total. The van der Waals surface area contributed by atoms with Crippen molar-refractivity contribution in [2.24, 2.45) is 0 Å². The summed E-state index contributed by atoms with van der Waals surface area (Å²) in [4.78, 5) is 38.4. The molecule has 1 aromatic rings. The molecule has 0 saturated carbocycles. The van der Waals surface area contributed by atoms with Gasteiger partial charge in [0.1, 0.15) is 5.69 Å². The summed E-state index contributed by atoms with van der Waals surface area (Å²) in [5, 5.41) is 0. The Labute approximate surface area is 91.5 Å². The van der Waals surface area contributed by atoms with Crippen LogP contribution in [0.3, 0.4) is 0 Å². The second kappa shape index (κ2) is 3.62. The topological polar surface area (TPSA) is 75.2 Å². The molecule has 0 radical (unpaired) electrons. The van der Waals surface area contributed by atoms with Crippen molar-refractivity contribution in [3.8, 4) is 0 Å². The van der Waals surface area contributed by atoms with Crippen LogP contribution in [0.15, 0.2) is 15.7 Å². The van der Waals surface area contributed by atoms with Gasteiger partial charge in [0.15, 0.2) is 0 Å². The van der Waals surface area contributed by atoms with Gasteiger partial charge in [-0.15, -0.1) is 0 Å². The monoisotopic (exact) mass is 223 g/mol. The first kappa shape index (κ1) is 10.7. The van der Waals surface area contributed by atoms with E-state index in [0.717, 1.165) is 0 Å². The van der Waals surface area contributed by atoms with Crippen molar-refractivity contribution in [2.45, 2.75) is 26.4 Å². The van der Waals surface area contributed by atoms with Crippen LogP contribution in [0.5, 0.6) is 0 Å². The van der Waals surface area contributed by atoms with Crippen molar-refractivity contribution < 1.29 is 4.79 Å². The molecule has 0 aromatic carbocycles. The lowest BCUT2D eigenvalue weighted by Gasteiger charge is -2.31. The van der Waals surface area contributed by atoms with Gasteiger partial charge in [-0.05, 0) is 13.8 Å². The second-order valence-corrected chi connectivity index (χ2v) is 4.07. The zero-order valence-electron chi connectivity index (χ0n) is 9.19. The largest absolute Gasteiger partial charge is 0.333 e. The van der Waals surface area contributed by atoms with Crippen molar-refractivity contribution in [1.82, 2.24) is 14.5 Å². The number of nitrogens with zero attached hydrogens (tertiary/aromatic N) is 2. The van der Waals surface area contributed by atoms with Crippen molar-refractivity contribution in [3.05, 3.63) is 32.6 Å². The zero-order valence-corrected chi connectivity index (χ0v) is 9.19. The second-order valence-electron chi connectivity index (χ2n) is 4.07. The fraction of sp³-hybridized carbons (Fsp3) is 0.500. The predicted octanol–water partition coefficient (Wildman–Crippen LogP) is -0.599. The van der Waals surface area contributed by atoms with Gasteiger partial charge < -0.3 is 4.90 Å². The highest BCUT2D eigenvalue weighted by atomic mass is 16.2. The fourth-order valence-electron chi connectivity index (χ4n) is 1.87. The lowest BCUT2D eigenvalue weighted by molar-refractivity contribution is 0.0643. The number of aromatic nitrogens is 2. The van der Waals surface area contributed by atoms with Crippen LogP contribution in [0, 0.1) is 0 Å². The van der Waals surface area contributed by atoms with Gasteiger partial charge in [0.2, 0.25) is 0 Å². The first-order chi connectivity index (χ1) is 7.50. The van der Waals surface area contributed by atoms with Crippen LogP contribution < -0.4 is 11.2 Å². The average Bonchev–Trinajstić information content (AvgIpc) is 2.19. The summed E-state index contributed by atoms with van der Waals surface area (Å²) >= 11 is 0. The lowest BCUT2D eigenvalue weighted by atomic mass is 10.2. The van der Waals surface area contributed by atoms with Crippen molar-refractivity contribution in [3.63, 3.8) is 0 Å². The highest BCUT2D eigenvalue weighted by molar-refractivity contribution is 5.93. The quantitative estimate of drug-likeness (QED) is 0.690. The zero-order chi connectivity index (χ0) is 11.9. The van der Waals surface area contributed by atoms with E-state index >= 15 is 0 Å². The summed E-state index contributed by atoms with van der Waals surface area (Å²) < 4.78 is 1.31. The molecule has 16 heavy (non-hydrogen) atoms. The van der Waals surface area contributed by atoms with Crippen LogP contribution in [0.25, 0.3) is 0 Å². The minimum atomic E-state index is -0.532. The van der Waals surface area contributed by atoms with Crippen LogP contribution in [0.4, 0.5) is 0 Å². The van der Waals surface area contributed by atoms with E-state index in [0.29, 0.717) is 13.1 Å².